The number of nitrogens with two attached hydrogens (primary N) is 1. The average Bonchev–Trinajstić information content (AvgIpc) is 1.88. The van der Waals surface area contributed by atoms with Crippen LogP contribution in [0.1, 0.15) is 18.1 Å². The standard InChI is InChI=1S/C8H12N2/c1-3-7-6(2)4-10-5-8(7)9/h4-5H,3,9H2,1-2H3. The minimum Gasteiger partial charge on any atom is -0.397 e. The summed E-state index contributed by atoms with van der Waals surface area (Å²) in [5.41, 5.74) is 8.88. The van der Waals surface area contributed by atoms with Gasteiger partial charge in [-0.15, -0.1) is 0 Å². The second-order valence-corrected chi connectivity index (χ2v) is 2.38. The summed E-state index contributed by atoms with van der Waals surface area (Å²) in [5.74, 6) is 0. The fraction of sp³-hybridized carbons (Fsp3) is 0.375. The summed E-state index contributed by atoms with van der Waals surface area (Å²) in [6.07, 6.45) is 4.53. The zero-order chi connectivity index (χ0) is 7.56. The van der Waals surface area contributed by atoms with Gasteiger partial charge in [-0.05, 0) is 24.5 Å². The van der Waals surface area contributed by atoms with Crippen LogP contribution in [-0.2, 0) is 6.42 Å². The first-order chi connectivity index (χ1) is 4.75. The molecule has 0 radical (unpaired) electrons. The molecule has 1 heterocycles. The van der Waals surface area contributed by atoms with Gasteiger partial charge in [0.15, 0.2) is 0 Å². The number of aryl methyl sites for hydroxylation is 1. The molecule has 1 aromatic heterocycles. The highest BCUT2D eigenvalue weighted by molar-refractivity contribution is 5.47. The SMILES string of the molecule is CCc1c(C)cncc1N. The molecule has 0 aliphatic heterocycles. The van der Waals surface area contributed by atoms with Crippen molar-refractivity contribution < 1.29 is 0 Å². The highest BCUT2D eigenvalue weighted by Gasteiger charge is 1.98. The van der Waals surface area contributed by atoms with Crippen molar-refractivity contribution in [1.82, 2.24) is 4.98 Å². The van der Waals surface area contributed by atoms with Gasteiger partial charge in [-0.2, -0.15) is 0 Å². The van der Waals surface area contributed by atoms with E-state index in [0.717, 1.165) is 12.1 Å². The molecular formula is C8H12N2. The van der Waals surface area contributed by atoms with Crippen molar-refractivity contribution >= 4 is 5.69 Å². The van der Waals surface area contributed by atoms with Crippen molar-refractivity contribution in [1.29, 1.82) is 0 Å². The lowest BCUT2D eigenvalue weighted by Crippen LogP contribution is -1.96. The number of pyridine rings is 1. The Morgan fingerprint density at radius 2 is 2.20 bits per heavy atom. The summed E-state index contributed by atoms with van der Waals surface area (Å²) in [7, 11) is 0. The van der Waals surface area contributed by atoms with Gasteiger partial charge in [0.25, 0.3) is 0 Å². The number of anilines is 1. The number of rotatable bonds is 1. The lowest BCUT2D eigenvalue weighted by atomic mass is 10.1. The Morgan fingerprint density at radius 1 is 1.50 bits per heavy atom. The third-order valence-electron chi connectivity index (χ3n) is 1.66. The molecule has 1 rings (SSSR count). The highest BCUT2D eigenvalue weighted by atomic mass is 14.7. The number of nitrogen functional groups attached to an aromatic ring is 1. The van der Waals surface area contributed by atoms with Crippen molar-refractivity contribution in [2.75, 3.05) is 5.73 Å². The maximum Gasteiger partial charge on any atom is 0.0535 e. The Bertz CT molecular complexity index is 210. The van der Waals surface area contributed by atoms with Gasteiger partial charge in [-0.25, -0.2) is 0 Å². The zero-order valence-corrected chi connectivity index (χ0v) is 6.39. The molecule has 1 aromatic rings. The van der Waals surface area contributed by atoms with Crippen molar-refractivity contribution in [3.8, 4) is 0 Å². The first-order valence-corrected chi connectivity index (χ1v) is 3.44. The van der Waals surface area contributed by atoms with Crippen LogP contribution in [-0.4, -0.2) is 4.98 Å². The smallest absolute Gasteiger partial charge is 0.0535 e. The fourth-order valence-corrected chi connectivity index (χ4v) is 1.10. The Labute approximate surface area is 61.1 Å². The molecule has 0 saturated carbocycles. The number of nitrogens with zero attached hydrogens (tertiary/aromatic N) is 1. The molecule has 0 atom stereocenters. The van der Waals surface area contributed by atoms with Gasteiger partial charge in [-0.3, -0.25) is 4.98 Å². The number of hydrogen-bond donors (Lipinski definition) is 1. The van der Waals surface area contributed by atoms with Crippen molar-refractivity contribution in [2.24, 2.45) is 0 Å². The predicted molar refractivity (Wildman–Crippen MR) is 42.8 cm³/mol. The summed E-state index contributed by atoms with van der Waals surface area (Å²) in [6, 6.07) is 0. The Kier molecular flexibility index (Phi) is 1.90. The Balaban J connectivity index is 3.17. The van der Waals surface area contributed by atoms with Crippen LogP contribution in [0.25, 0.3) is 0 Å². The largest absolute Gasteiger partial charge is 0.397 e. The van der Waals surface area contributed by atoms with Crippen LogP contribution in [0.3, 0.4) is 0 Å². The van der Waals surface area contributed by atoms with E-state index in [4.69, 9.17) is 5.73 Å². The van der Waals surface area contributed by atoms with E-state index in [1.54, 1.807) is 6.20 Å². The first-order valence-electron chi connectivity index (χ1n) is 3.44. The lowest BCUT2D eigenvalue weighted by molar-refractivity contribution is 1.09. The molecule has 10 heavy (non-hydrogen) atoms. The van der Waals surface area contributed by atoms with E-state index in [0.29, 0.717) is 0 Å². The molecule has 0 saturated heterocycles. The van der Waals surface area contributed by atoms with Crippen molar-refractivity contribution in [3.63, 3.8) is 0 Å². The van der Waals surface area contributed by atoms with Gasteiger partial charge in [0, 0.05) is 6.20 Å². The van der Waals surface area contributed by atoms with Gasteiger partial charge in [0.2, 0.25) is 0 Å². The molecule has 54 valence electrons. The van der Waals surface area contributed by atoms with Gasteiger partial charge in [0.1, 0.15) is 0 Å². The molecule has 2 heteroatoms. The van der Waals surface area contributed by atoms with Crippen LogP contribution in [0.15, 0.2) is 12.4 Å². The molecule has 0 unspecified atom stereocenters. The fourth-order valence-electron chi connectivity index (χ4n) is 1.10. The van der Waals surface area contributed by atoms with Crippen LogP contribution < -0.4 is 5.73 Å². The van der Waals surface area contributed by atoms with Crippen LogP contribution in [0, 0.1) is 6.92 Å². The van der Waals surface area contributed by atoms with Crippen molar-refractivity contribution in [2.45, 2.75) is 20.3 Å². The summed E-state index contributed by atoms with van der Waals surface area (Å²) in [5, 5.41) is 0. The summed E-state index contributed by atoms with van der Waals surface area (Å²) in [4.78, 5) is 3.97. The molecule has 0 aromatic carbocycles. The molecule has 0 aliphatic rings. The van der Waals surface area contributed by atoms with Crippen LogP contribution in [0.2, 0.25) is 0 Å². The molecular weight excluding hydrogens is 124 g/mol. The van der Waals surface area contributed by atoms with Crippen LogP contribution in [0.5, 0.6) is 0 Å². The van der Waals surface area contributed by atoms with E-state index < -0.39 is 0 Å². The van der Waals surface area contributed by atoms with Gasteiger partial charge in [-0.1, -0.05) is 6.92 Å². The second kappa shape index (κ2) is 2.69. The first kappa shape index (κ1) is 7.06. The minimum atomic E-state index is 0.808. The summed E-state index contributed by atoms with van der Waals surface area (Å²) in [6.45, 7) is 4.13. The van der Waals surface area contributed by atoms with Crippen LogP contribution in [0.4, 0.5) is 5.69 Å². The molecule has 2 N–H and O–H groups in total. The van der Waals surface area contributed by atoms with E-state index in [9.17, 15) is 0 Å². The predicted octanol–water partition coefficient (Wildman–Crippen LogP) is 1.53. The van der Waals surface area contributed by atoms with E-state index in [1.165, 1.54) is 11.1 Å². The van der Waals surface area contributed by atoms with Crippen molar-refractivity contribution in [3.05, 3.63) is 23.5 Å². The number of aromatic nitrogens is 1. The molecule has 0 amide bonds. The average molecular weight is 136 g/mol. The summed E-state index contributed by atoms with van der Waals surface area (Å²) >= 11 is 0. The van der Waals surface area contributed by atoms with Gasteiger partial charge in [0.05, 0.1) is 11.9 Å². The van der Waals surface area contributed by atoms with E-state index >= 15 is 0 Å². The molecule has 2 nitrogen and oxygen atoms in total. The van der Waals surface area contributed by atoms with E-state index in [1.807, 2.05) is 13.1 Å². The van der Waals surface area contributed by atoms with Gasteiger partial charge < -0.3 is 5.73 Å². The molecule has 0 spiro atoms. The highest BCUT2D eigenvalue weighted by Crippen LogP contribution is 2.13. The maximum atomic E-state index is 5.67. The molecule has 0 fully saturated rings. The van der Waals surface area contributed by atoms with E-state index in [2.05, 4.69) is 11.9 Å². The normalized spacial score (nSPS) is 9.80. The van der Waals surface area contributed by atoms with Crippen LogP contribution >= 0.6 is 0 Å². The summed E-state index contributed by atoms with van der Waals surface area (Å²) < 4.78 is 0. The van der Waals surface area contributed by atoms with Gasteiger partial charge >= 0.3 is 0 Å². The lowest BCUT2D eigenvalue weighted by Gasteiger charge is -2.03. The van der Waals surface area contributed by atoms with E-state index in [-0.39, 0.29) is 0 Å². The topological polar surface area (TPSA) is 38.9 Å². The maximum absolute atomic E-state index is 5.67. The third kappa shape index (κ3) is 1.10. The third-order valence-corrected chi connectivity index (χ3v) is 1.66. The Morgan fingerprint density at radius 3 is 2.60 bits per heavy atom. The molecule has 0 bridgehead atoms. The molecule has 0 aliphatic carbocycles. The Hall–Kier alpha value is -1.05. The minimum absolute atomic E-state index is 0.808. The second-order valence-electron chi connectivity index (χ2n) is 2.38. The quantitative estimate of drug-likeness (QED) is 0.636. The zero-order valence-electron chi connectivity index (χ0n) is 6.39. The number of hydrogen-bond acceptors (Lipinski definition) is 2. The monoisotopic (exact) mass is 136 g/mol.